The number of halogens is 1. The lowest BCUT2D eigenvalue weighted by Gasteiger charge is -2.19. The van der Waals surface area contributed by atoms with Gasteiger partial charge in [-0.1, -0.05) is 12.2 Å². The summed E-state index contributed by atoms with van der Waals surface area (Å²) in [5, 5.41) is 0. The predicted molar refractivity (Wildman–Crippen MR) is 80.5 cm³/mol. The van der Waals surface area contributed by atoms with Gasteiger partial charge in [0.25, 0.3) is 15.0 Å². The molecule has 1 rings (SSSR count). The molecular formula is C14H16ClNO3S. The maximum atomic E-state index is 12.3. The van der Waals surface area contributed by atoms with Crippen LogP contribution in [-0.2, 0) is 9.05 Å². The van der Waals surface area contributed by atoms with Crippen molar-refractivity contribution in [2.45, 2.75) is 11.8 Å². The normalized spacial score (nSPS) is 10.9. The third kappa shape index (κ3) is 4.21. The summed E-state index contributed by atoms with van der Waals surface area (Å²) in [4.78, 5) is 13.8. The maximum Gasteiger partial charge on any atom is 0.261 e. The fourth-order valence-electron chi connectivity index (χ4n) is 1.75. The van der Waals surface area contributed by atoms with Crippen LogP contribution in [0.1, 0.15) is 15.9 Å². The molecule has 0 aromatic heterocycles. The monoisotopic (exact) mass is 313 g/mol. The predicted octanol–water partition coefficient (Wildman–Crippen LogP) is 2.74. The van der Waals surface area contributed by atoms with Gasteiger partial charge < -0.3 is 4.90 Å². The van der Waals surface area contributed by atoms with E-state index in [1.807, 2.05) is 0 Å². The summed E-state index contributed by atoms with van der Waals surface area (Å²) in [7, 11) is 1.45. The van der Waals surface area contributed by atoms with Crippen LogP contribution < -0.4 is 0 Å². The van der Waals surface area contributed by atoms with E-state index in [2.05, 4.69) is 13.2 Å². The molecule has 1 amide bonds. The standard InChI is InChI=1S/C14H16ClNO3S/c1-4-6-16(7-5-2)14(17)12-8-11(3)9-13(10-12)20(15,18)19/h4-5,8-10H,1-2,6-7H2,3H3. The van der Waals surface area contributed by atoms with Gasteiger partial charge in [0.15, 0.2) is 0 Å². The van der Waals surface area contributed by atoms with Crippen LogP contribution in [0.15, 0.2) is 48.4 Å². The second-order valence-corrected chi connectivity index (χ2v) is 6.83. The van der Waals surface area contributed by atoms with Crippen molar-refractivity contribution in [3.63, 3.8) is 0 Å². The Balaban J connectivity index is 3.24. The largest absolute Gasteiger partial charge is 0.331 e. The molecule has 0 radical (unpaired) electrons. The van der Waals surface area contributed by atoms with Gasteiger partial charge in [-0.2, -0.15) is 0 Å². The highest BCUT2D eigenvalue weighted by Gasteiger charge is 2.18. The summed E-state index contributed by atoms with van der Waals surface area (Å²) in [5.74, 6) is -0.296. The molecule has 1 aromatic carbocycles. The van der Waals surface area contributed by atoms with Gasteiger partial charge in [0.05, 0.1) is 4.90 Å². The van der Waals surface area contributed by atoms with E-state index in [0.29, 0.717) is 18.7 Å². The Hall–Kier alpha value is -1.59. The first kappa shape index (κ1) is 16.5. The molecule has 0 fully saturated rings. The van der Waals surface area contributed by atoms with Crippen molar-refractivity contribution in [3.05, 3.63) is 54.6 Å². The van der Waals surface area contributed by atoms with E-state index < -0.39 is 9.05 Å². The Kier molecular flexibility index (Phi) is 5.53. The van der Waals surface area contributed by atoms with Crippen molar-refractivity contribution in [3.8, 4) is 0 Å². The molecule has 0 aliphatic carbocycles. The lowest BCUT2D eigenvalue weighted by molar-refractivity contribution is 0.0790. The zero-order valence-corrected chi connectivity index (χ0v) is 12.7. The molecule has 6 heteroatoms. The Bertz CT molecular complexity index is 628. The molecule has 0 saturated carbocycles. The minimum atomic E-state index is -3.87. The third-order valence-corrected chi connectivity index (χ3v) is 3.90. The van der Waals surface area contributed by atoms with Gasteiger partial charge in [-0.15, -0.1) is 13.2 Å². The first-order chi connectivity index (χ1) is 9.29. The van der Waals surface area contributed by atoms with Crippen LogP contribution in [0.5, 0.6) is 0 Å². The molecule has 0 aliphatic rings. The molecule has 1 aromatic rings. The van der Waals surface area contributed by atoms with E-state index in [1.165, 1.54) is 17.0 Å². The van der Waals surface area contributed by atoms with Gasteiger partial charge in [0.2, 0.25) is 0 Å². The number of carbonyl (C=O) groups excluding carboxylic acids is 1. The molecule has 0 N–H and O–H groups in total. The fourth-order valence-corrected chi connectivity index (χ4v) is 2.61. The summed E-state index contributed by atoms with van der Waals surface area (Å²) in [6.07, 6.45) is 3.19. The average Bonchev–Trinajstić information content (AvgIpc) is 2.36. The fraction of sp³-hybridized carbons (Fsp3) is 0.214. The van der Waals surface area contributed by atoms with Crippen LogP contribution in [0.2, 0.25) is 0 Å². The first-order valence-electron chi connectivity index (χ1n) is 5.87. The number of nitrogens with zero attached hydrogens (tertiary/aromatic N) is 1. The second-order valence-electron chi connectivity index (χ2n) is 4.26. The molecule has 20 heavy (non-hydrogen) atoms. The third-order valence-electron chi connectivity index (χ3n) is 2.57. The lowest BCUT2D eigenvalue weighted by atomic mass is 10.1. The van der Waals surface area contributed by atoms with Gasteiger partial charge in [-0.3, -0.25) is 4.79 Å². The van der Waals surface area contributed by atoms with Crippen molar-refractivity contribution < 1.29 is 13.2 Å². The Labute approximate surface area is 123 Å². The molecule has 0 unspecified atom stereocenters. The molecule has 0 heterocycles. The Morgan fingerprint density at radius 2 is 1.80 bits per heavy atom. The minimum Gasteiger partial charge on any atom is -0.331 e. The number of carbonyl (C=O) groups is 1. The second kappa shape index (κ2) is 6.72. The van der Waals surface area contributed by atoms with Gasteiger partial charge in [-0.25, -0.2) is 8.42 Å². The van der Waals surface area contributed by atoms with Crippen LogP contribution in [0, 0.1) is 6.92 Å². The zero-order valence-electron chi connectivity index (χ0n) is 11.2. The van der Waals surface area contributed by atoms with Crippen LogP contribution >= 0.6 is 10.7 Å². The highest BCUT2D eigenvalue weighted by atomic mass is 35.7. The van der Waals surface area contributed by atoms with E-state index in [9.17, 15) is 13.2 Å². The number of aryl methyl sites for hydroxylation is 1. The number of rotatable bonds is 6. The summed E-state index contributed by atoms with van der Waals surface area (Å²) in [6.45, 7) is 9.58. The zero-order chi connectivity index (χ0) is 15.3. The number of benzene rings is 1. The van der Waals surface area contributed by atoms with Gasteiger partial charge in [0.1, 0.15) is 0 Å². The van der Waals surface area contributed by atoms with Crippen molar-refractivity contribution in [1.29, 1.82) is 0 Å². The summed E-state index contributed by atoms with van der Waals surface area (Å²) in [5.41, 5.74) is 0.917. The van der Waals surface area contributed by atoms with Crippen molar-refractivity contribution in [2.24, 2.45) is 0 Å². The Morgan fingerprint density at radius 1 is 1.25 bits per heavy atom. The Morgan fingerprint density at radius 3 is 2.25 bits per heavy atom. The highest BCUT2D eigenvalue weighted by molar-refractivity contribution is 8.13. The van der Waals surface area contributed by atoms with E-state index in [4.69, 9.17) is 10.7 Å². The van der Waals surface area contributed by atoms with Crippen molar-refractivity contribution in [1.82, 2.24) is 4.90 Å². The number of hydrogen-bond donors (Lipinski definition) is 0. The van der Waals surface area contributed by atoms with E-state index in [1.54, 1.807) is 25.1 Å². The van der Waals surface area contributed by atoms with Crippen LogP contribution in [0.4, 0.5) is 0 Å². The van der Waals surface area contributed by atoms with Gasteiger partial charge >= 0.3 is 0 Å². The van der Waals surface area contributed by atoms with Crippen LogP contribution in [0.3, 0.4) is 0 Å². The molecular weight excluding hydrogens is 298 g/mol. The smallest absolute Gasteiger partial charge is 0.261 e. The van der Waals surface area contributed by atoms with Crippen LogP contribution in [-0.4, -0.2) is 32.3 Å². The molecule has 0 bridgehead atoms. The average molecular weight is 314 g/mol. The topological polar surface area (TPSA) is 54.5 Å². The molecule has 0 aliphatic heterocycles. The molecule has 0 saturated heterocycles. The molecule has 108 valence electrons. The summed E-state index contributed by atoms with van der Waals surface area (Å²) in [6, 6.07) is 4.31. The summed E-state index contributed by atoms with van der Waals surface area (Å²) < 4.78 is 22.8. The highest BCUT2D eigenvalue weighted by Crippen LogP contribution is 2.20. The molecule has 0 atom stereocenters. The van der Waals surface area contributed by atoms with Gasteiger partial charge in [-0.05, 0) is 30.7 Å². The van der Waals surface area contributed by atoms with Gasteiger partial charge in [0, 0.05) is 29.3 Å². The van der Waals surface area contributed by atoms with Crippen LogP contribution in [0.25, 0.3) is 0 Å². The minimum absolute atomic E-state index is 0.0836. The maximum absolute atomic E-state index is 12.3. The molecule has 4 nitrogen and oxygen atoms in total. The molecule has 0 spiro atoms. The number of hydrogen-bond acceptors (Lipinski definition) is 3. The first-order valence-corrected chi connectivity index (χ1v) is 8.18. The van der Waals surface area contributed by atoms with Crippen molar-refractivity contribution in [2.75, 3.05) is 13.1 Å². The van der Waals surface area contributed by atoms with E-state index in [-0.39, 0.29) is 16.4 Å². The lowest BCUT2D eigenvalue weighted by Crippen LogP contribution is -2.31. The van der Waals surface area contributed by atoms with Crippen molar-refractivity contribution >= 4 is 25.6 Å². The SMILES string of the molecule is C=CCN(CC=C)C(=O)c1cc(C)cc(S(=O)(=O)Cl)c1. The quantitative estimate of drug-likeness (QED) is 0.599. The number of amides is 1. The summed E-state index contributed by atoms with van der Waals surface area (Å²) >= 11 is 0. The van der Waals surface area contributed by atoms with E-state index >= 15 is 0 Å². The van der Waals surface area contributed by atoms with E-state index in [0.717, 1.165) is 0 Å².